The number of carbonyl (C=O) groups is 1. The van der Waals surface area contributed by atoms with E-state index in [0.29, 0.717) is 37.6 Å². The summed E-state index contributed by atoms with van der Waals surface area (Å²) in [5.41, 5.74) is 9.07. The number of nitrogen functional groups attached to an aromatic ring is 1. The Balaban J connectivity index is 0.00000280. The Labute approximate surface area is 173 Å². The maximum Gasteiger partial charge on any atom is 0.251 e. The first-order valence-corrected chi connectivity index (χ1v) is 9.49. The van der Waals surface area contributed by atoms with Crippen molar-refractivity contribution in [3.63, 3.8) is 0 Å². The molecule has 28 heavy (non-hydrogen) atoms. The summed E-state index contributed by atoms with van der Waals surface area (Å²) >= 11 is 0. The van der Waals surface area contributed by atoms with E-state index < -0.39 is 0 Å². The second kappa shape index (κ2) is 9.80. The minimum atomic E-state index is -0.132. The summed E-state index contributed by atoms with van der Waals surface area (Å²) < 4.78 is 11.1. The fraction of sp³-hybridized carbons (Fsp3) is 0.409. The molecule has 1 saturated heterocycles. The third kappa shape index (κ3) is 4.97. The van der Waals surface area contributed by atoms with Gasteiger partial charge in [-0.3, -0.25) is 4.79 Å². The number of nitrogens with one attached hydrogen (secondary N) is 1. The fourth-order valence-corrected chi connectivity index (χ4v) is 3.63. The number of hydrogen-bond donors (Lipinski definition) is 2. The summed E-state index contributed by atoms with van der Waals surface area (Å²) in [7, 11) is 0. The minimum Gasteiger partial charge on any atom is -0.494 e. The monoisotopic (exact) mass is 404 g/mol. The van der Waals surface area contributed by atoms with Gasteiger partial charge in [0, 0.05) is 36.4 Å². The van der Waals surface area contributed by atoms with Gasteiger partial charge in [0.05, 0.1) is 6.61 Å². The molecule has 0 radical (unpaired) electrons. The normalized spacial score (nSPS) is 15.4. The largest absolute Gasteiger partial charge is 0.494 e. The Morgan fingerprint density at radius 3 is 2.50 bits per heavy atom. The quantitative estimate of drug-likeness (QED) is 0.716. The SMILES string of the molecule is CCOc1ccc(C2(CNC(=O)c3cc(N)ccc3C)CCOCC2)cc1.Cl. The fourth-order valence-electron chi connectivity index (χ4n) is 3.63. The Bertz CT molecular complexity index is 787. The molecule has 0 bridgehead atoms. The molecular formula is C22H29ClN2O3. The Hall–Kier alpha value is -2.24. The van der Waals surface area contributed by atoms with Crippen molar-refractivity contribution in [1.82, 2.24) is 5.32 Å². The molecule has 0 atom stereocenters. The Morgan fingerprint density at radius 2 is 1.86 bits per heavy atom. The van der Waals surface area contributed by atoms with Gasteiger partial charge in [0.25, 0.3) is 5.91 Å². The average molecular weight is 405 g/mol. The zero-order valence-electron chi connectivity index (χ0n) is 16.5. The van der Waals surface area contributed by atoms with Crippen LogP contribution in [0.3, 0.4) is 0 Å². The minimum absolute atomic E-state index is 0. The molecular weight excluding hydrogens is 376 g/mol. The van der Waals surface area contributed by atoms with Crippen LogP contribution >= 0.6 is 12.4 Å². The standard InChI is InChI=1S/C22H28N2O3.ClH/c1-3-27-19-8-5-17(6-9-19)22(10-12-26-13-11-22)15-24-21(25)20-14-18(23)7-4-16(20)2;/h4-9,14H,3,10-13,15,23H2,1-2H3,(H,24,25);1H. The third-order valence-corrected chi connectivity index (χ3v) is 5.32. The molecule has 3 rings (SSSR count). The van der Waals surface area contributed by atoms with E-state index in [0.717, 1.165) is 24.2 Å². The first-order valence-electron chi connectivity index (χ1n) is 9.49. The molecule has 1 heterocycles. The van der Waals surface area contributed by atoms with Crippen LogP contribution in [0.4, 0.5) is 5.69 Å². The number of nitrogens with two attached hydrogens (primary N) is 1. The van der Waals surface area contributed by atoms with Gasteiger partial charge in [0.2, 0.25) is 0 Å². The predicted molar refractivity (Wildman–Crippen MR) is 115 cm³/mol. The molecule has 2 aromatic carbocycles. The maximum absolute atomic E-state index is 12.8. The lowest BCUT2D eigenvalue weighted by Crippen LogP contribution is -2.44. The van der Waals surface area contributed by atoms with Crippen molar-refractivity contribution in [2.24, 2.45) is 0 Å². The third-order valence-electron chi connectivity index (χ3n) is 5.32. The molecule has 0 aromatic heterocycles. The van der Waals surface area contributed by atoms with Crippen LogP contribution in [0.2, 0.25) is 0 Å². The van der Waals surface area contributed by atoms with E-state index in [4.69, 9.17) is 15.2 Å². The van der Waals surface area contributed by atoms with Crippen LogP contribution < -0.4 is 15.8 Å². The van der Waals surface area contributed by atoms with Crippen molar-refractivity contribution in [3.05, 3.63) is 59.2 Å². The van der Waals surface area contributed by atoms with E-state index in [2.05, 4.69) is 17.4 Å². The van der Waals surface area contributed by atoms with Gasteiger partial charge in [-0.15, -0.1) is 12.4 Å². The van der Waals surface area contributed by atoms with Crippen molar-refractivity contribution in [2.75, 3.05) is 32.1 Å². The summed E-state index contributed by atoms with van der Waals surface area (Å²) in [6, 6.07) is 13.6. The molecule has 0 spiro atoms. The van der Waals surface area contributed by atoms with E-state index >= 15 is 0 Å². The Kier molecular flexibility index (Phi) is 7.72. The smallest absolute Gasteiger partial charge is 0.251 e. The molecule has 0 unspecified atom stereocenters. The summed E-state index contributed by atoms with van der Waals surface area (Å²) in [4.78, 5) is 12.8. The zero-order chi connectivity index (χ0) is 19.3. The highest BCUT2D eigenvalue weighted by Gasteiger charge is 2.35. The number of hydrogen-bond acceptors (Lipinski definition) is 4. The van der Waals surface area contributed by atoms with Gasteiger partial charge in [-0.2, -0.15) is 0 Å². The number of anilines is 1. The van der Waals surface area contributed by atoms with Gasteiger partial charge in [0.1, 0.15) is 5.75 Å². The van der Waals surface area contributed by atoms with Crippen molar-refractivity contribution >= 4 is 24.0 Å². The first kappa shape index (κ1) is 22.1. The zero-order valence-corrected chi connectivity index (χ0v) is 17.3. The number of amides is 1. The van der Waals surface area contributed by atoms with Crippen molar-refractivity contribution in [3.8, 4) is 5.75 Å². The van der Waals surface area contributed by atoms with Gasteiger partial charge in [-0.05, 0) is 62.1 Å². The van der Waals surface area contributed by atoms with E-state index in [9.17, 15) is 4.79 Å². The number of rotatable bonds is 6. The molecule has 1 fully saturated rings. The summed E-state index contributed by atoms with van der Waals surface area (Å²) in [6.45, 7) is 6.50. The van der Waals surface area contributed by atoms with Crippen molar-refractivity contribution < 1.29 is 14.3 Å². The molecule has 1 aliphatic heterocycles. The Morgan fingerprint density at radius 1 is 1.18 bits per heavy atom. The molecule has 6 heteroatoms. The van der Waals surface area contributed by atoms with Crippen LogP contribution in [-0.4, -0.2) is 32.3 Å². The topological polar surface area (TPSA) is 73.6 Å². The van der Waals surface area contributed by atoms with Crippen LogP contribution in [0.1, 0.15) is 41.3 Å². The van der Waals surface area contributed by atoms with Gasteiger partial charge < -0.3 is 20.5 Å². The van der Waals surface area contributed by atoms with Gasteiger partial charge in [0.15, 0.2) is 0 Å². The van der Waals surface area contributed by atoms with E-state index in [1.165, 1.54) is 5.56 Å². The van der Waals surface area contributed by atoms with Crippen LogP contribution in [-0.2, 0) is 10.2 Å². The molecule has 3 N–H and O–H groups in total. The highest BCUT2D eigenvalue weighted by Crippen LogP contribution is 2.35. The second-order valence-electron chi connectivity index (χ2n) is 7.11. The average Bonchev–Trinajstić information content (AvgIpc) is 2.69. The molecule has 1 aliphatic rings. The van der Waals surface area contributed by atoms with Gasteiger partial charge in [-0.25, -0.2) is 0 Å². The summed E-state index contributed by atoms with van der Waals surface area (Å²) in [6.07, 6.45) is 1.74. The lowest BCUT2D eigenvalue weighted by Gasteiger charge is -2.38. The van der Waals surface area contributed by atoms with E-state index in [1.54, 1.807) is 6.07 Å². The number of aryl methyl sites for hydroxylation is 1. The number of carbonyl (C=O) groups excluding carboxylic acids is 1. The lowest BCUT2D eigenvalue weighted by atomic mass is 9.74. The van der Waals surface area contributed by atoms with Crippen molar-refractivity contribution in [2.45, 2.75) is 32.1 Å². The van der Waals surface area contributed by atoms with Crippen LogP contribution in [0.25, 0.3) is 0 Å². The van der Waals surface area contributed by atoms with Crippen LogP contribution in [0.5, 0.6) is 5.75 Å². The molecule has 0 aliphatic carbocycles. The van der Waals surface area contributed by atoms with Gasteiger partial charge >= 0.3 is 0 Å². The second-order valence-corrected chi connectivity index (χ2v) is 7.11. The highest BCUT2D eigenvalue weighted by molar-refractivity contribution is 5.96. The first-order chi connectivity index (χ1) is 13.0. The van der Waals surface area contributed by atoms with Crippen LogP contribution in [0.15, 0.2) is 42.5 Å². The van der Waals surface area contributed by atoms with Crippen molar-refractivity contribution in [1.29, 1.82) is 0 Å². The van der Waals surface area contributed by atoms with Gasteiger partial charge in [-0.1, -0.05) is 18.2 Å². The maximum atomic E-state index is 12.8. The number of halogens is 1. The van der Waals surface area contributed by atoms with E-state index in [-0.39, 0.29) is 23.7 Å². The summed E-state index contributed by atoms with van der Waals surface area (Å²) in [5.74, 6) is 0.777. The molecule has 1 amide bonds. The molecule has 152 valence electrons. The number of ether oxygens (including phenoxy) is 2. The number of benzene rings is 2. The molecule has 5 nitrogen and oxygen atoms in total. The molecule has 2 aromatic rings. The molecule has 0 saturated carbocycles. The summed E-state index contributed by atoms with van der Waals surface area (Å²) in [5, 5.41) is 3.13. The lowest BCUT2D eigenvalue weighted by molar-refractivity contribution is 0.0487. The highest BCUT2D eigenvalue weighted by atomic mass is 35.5. The van der Waals surface area contributed by atoms with Crippen LogP contribution in [0, 0.1) is 6.92 Å². The predicted octanol–water partition coefficient (Wildman–Crippen LogP) is 3.88. The van der Waals surface area contributed by atoms with E-state index in [1.807, 2.05) is 38.1 Å².